The second-order valence-corrected chi connectivity index (χ2v) is 11.9. The van der Waals surface area contributed by atoms with E-state index >= 15 is 0 Å². The maximum atomic E-state index is 13.5. The van der Waals surface area contributed by atoms with Crippen LogP contribution >= 0.6 is 0 Å². The summed E-state index contributed by atoms with van der Waals surface area (Å²) >= 11 is 0. The van der Waals surface area contributed by atoms with Gasteiger partial charge in [0.1, 0.15) is 28.5 Å². The molecule has 3 aromatic rings. The largest absolute Gasteiger partial charge is 0.443 e. The Morgan fingerprint density at radius 3 is 2.60 bits per heavy atom. The van der Waals surface area contributed by atoms with Gasteiger partial charge in [0.25, 0.3) is 17.4 Å². The van der Waals surface area contributed by atoms with Crippen LogP contribution in [0.4, 0.5) is 30.9 Å². The summed E-state index contributed by atoms with van der Waals surface area (Å²) in [5, 5.41) is 10.3. The van der Waals surface area contributed by atoms with E-state index in [9.17, 15) is 23.2 Å². The van der Waals surface area contributed by atoms with E-state index < -0.39 is 48.0 Å². The molecule has 3 heterocycles. The number of ether oxygens (including phenoxy) is 2. The molecule has 226 valence electrons. The topological polar surface area (TPSA) is 132 Å². The lowest BCUT2D eigenvalue weighted by molar-refractivity contribution is -0.104. The van der Waals surface area contributed by atoms with Crippen LogP contribution in [-0.2, 0) is 9.47 Å². The lowest BCUT2D eigenvalue weighted by Crippen LogP contribution is -2.41. The van der Waals surface area contributed by atoms with E-state index in [0.717, 1.165) is 12.8 Å². The van der Waals surface area contributed by atoms with Crippen LogP contribution in [0.15, 0.2) is 35.4 Å². The third-order valence-electron chi connectivity index (χ3n) is 7.46. The molecule has 1 unspecified atom stereocenters. The number of amides is 2. The Kier molecular flexibility index (Phi) is 7.68. The first kappa shape index (κ1) is 29.4. The van der Waals surface area contributed by atoms with E-state index in [-0.39, 0.29) is 40.7 Å². The number of halogens is 2. The standard InChI is InChI=1S/C28H35F2N7O5/c1-27(2,3)42-26(40)35(4)22-12-21(33-20-7-6-10-36(25(20)39)17-13-28(29,30)14-17)34-23-19(15-31-37(22)23)24(38)32-16-8-9-18(11-16)41-5/h6-7,10,12,15-18H,8-9,11,13-14H2,1-5H3,(H,32,38)(H,33,34)/t16?,18-/m1/s1. The number of carbonyl (C=O) groups is 2. The van der Waals surface area contributed by atoms with E-state index in [4.69, 9.17) is 9.47 Å². The number of alkyl halides is 2. The number of aromatic nitrogens is 4. The van der Waals surface area contributed by atoms with Crippen LogP contribution in [0, 0.1) is 0 Å². The van der Waals surface area contributed by atoms with Crippen LogP contribution in [0.25, 0.3) is 5.65 Å². The molecule has 5 rings (SSSR count). The maximum absolute atomic E-state index is 13.5. The molecule has 2 aliphatic rings. The molecule has 2 atom stereocenters. The predicted molar refractivity (Wildman–Crippen MR) is 151 cm³/mol. The Balaban J connectivity index is 1.51. The normalized spacial score (nSPS) is 20.3. The number of carbonyl (C=O) groups excluding carboxylic acids is 2. The summed E-state index contributed by atoms with van der Waals surface area (Å²) < 4.78 is 40.5. The first-order chi connectivity index (χ1) is 19.7. The van der Waals surface area contributed by atoms with Crippen molar-refractivity contribution in [3.05, 3.63) is 46.5 Å². The smallest absolute Gasteiger partial charge is 0.415 e. The molecule has 42 heavy (non-hydrogen) atoms. The van der Waals surface area contributed by atoms with Crippen LogP contribution < -0.4 is 21.1 Å². The van der Waals surface area contributed by atoms with E-state index in [1.807, 2.05) is 0 Å². The molecule has 2 fully saturated rings. The Morgan fingerprint density at radius 1 is 1.21 bits per heavy atom. The van der Waals surface area contributed by atoms with Crippen molar-refractivity contribution in [2.24, 2.45) is 0 Å². The highest BCUT2D eigenvalue weighted by Gasteiger charge is 2.46. The highest BCUT2D eigenvalue weighted by molar-refractivity contribution is 6.00. The summed E-state index contributed by atoms with van der Waals surface area (Å²) in [7, 11) is 3.13. The molecule has 0 aliphatic heterocycles. The summed E-state index contributed by atoms with van der Waals surface area (Å²) in [6.45, 7) is 5.21. The number of nitrogens with one attached hydrogen (secondary N) is 2. The number of hydrogen-bond acceptors (Lipinski definition) is 8. The van der Waals surface area contributed by atoms with Gasteiger partial charge in [0.2, 0.25) is 0 Å². The van der Waals surface area contributed by atoms with Gasteiger partial charge in [-0.1, -0.05) is 0 Å². The van der Waals surface area contributed by atoms with Gasteiger partial charge in [-0.05, 0) is 52.2 Å². The van der Waals surface area contributed by atoms with Gasteiger partial charge in [-0.25, -0.2) is 18.6 Å². The van der Waals surface area contributed by atoms with Crippen molar-refractivity contribution in [1.29, 1.82) is 0 Å². The van der Waals surface area contributed by atoms with Gasteiger partial charge >= 0.3 is 6.09 Å². The molecule has 14 heteroatoms. The maximum Gasteiger partial charge on any atom is 0.415 e. The molecule has 2 saturated carbocycles. The van der Waals surface area contributed by atoms with Crippen molar-refractivity contribution in [2.75, 3.05) is 24.4 Å². The van der Waals surface area contributed by atoms with Crippen LogP contribution in [-0.4, -0.2) is 69.0 Å². The summed E-state index contributed by atoms with van der Waals surface area (Å²) in [5.41, 5.74) is -0.873. The first-order valence-corrected chi connectivity index (χ1v) is 13.8. The zero-order valence-electron chi connectivity index (χ0n) is 24.2. The van der Waals surface area contributed by atoms with Gasteiger partial charge in [0.05, 0.1) is 12.3 Å². The molecule has 0 spiro atoms. The molecule has 0 bridgehead atoms. The van der Waals surface area contributed by atoms with Gasteiger partial charge in [0.15, 0.2) is 5.65 Å². The van der Waals surface area contributed by atoms with Crippen molar-refractivity contribution >= 4 is 35.0 Å². The Labute approximate surface area is 241 Å². The lowest BCUT2D eigenvalue weighted by Gasteiger charge is -2.36. The van der Waals surface area contributed by atoms with Gasteiger partial charge < -0.3 is 24.7 Å². The van der Waals surface area contributed by atoms with E-state index in [1.165, 1.54) is 45.6 Å². The molecular weight excluding hydrogens is 552 g/mol. The molecule has 2 N–H and O–H groups in total. The second-order valence-electron chi connectivity index (χ2n) is 11.9. The second kappa shape index (κ2) is 11.0. The van der Waals surface area contributed by atoms with Crippen molar-refractivity contribution < 1.29 is 27.8 Å². The van der Waals surface area contributed by atoms with Gasteiger partial charge in [-0.15, -0.1) is 0 Å². The van der Waals surface area contributed by atoms with Crippen LogP contribution in [0.2, 0.25) is 0 Å². The van der Waals surface area contributed by atoms with E-state index in [2.05, 4.69) is 20.7 Å². The predicted octanol–water partition coefficient (Wildman–Crippen LogP) is 4.27. The highest BCUT2D eigenvalue weighted by atomic mass is 19.3. The average molecular weight is 588 g/mol. The Hall–Kier alpha value is -4.07. The molecule has 0 aromatic carbocycles. The fourth-order valence-corrected chi connectivity index (χ4v) is 5.24. The number of fused-ring (bicyclic) bond motifs is 1. The SMILES string of the molecule is CO[C@@H]1CCC(NC(=O)c2cnn3c(N(C)C(=O)OC(C)(C)C)cc(Nc4cccn(C5CC(F)(F)C5)c4=O)nc23)C1. The van der Waals surface area contributed by atoms with Crippen LogP contribution in [0.5, 0.6) is 0 Å². The van der Waals surface area contributed by atoms with Gasteiger partial charge in [-0.3, -0.25) is 14.5 Å². The summed E-state index contributed by atoms with van der Waals surface area (Å²) in [4.78, 5) is 45.3. The zero-order valence-corrected chi connectivity index (χ0v) is 24.2. The molecule has 2 aliphatic carbocycles. The molecule has 12 nitrogen and oxygen atoms in total. The molecule has 3 aromatic heterocycles. The van der Waals surface area contributed by atoms with Crippen molar-refractivity contribution in [3.63, 3.8) is 0 Å². The van der Waals surface area contributed by atoms with Crippen molar-refractivity contribution in [3.8, 4) is 0 Å². The Bertz CT molecular complexity index is 1560. The summed E-state index contributed by atoms with van der Waals surface area (Å²) in [5.74, 6) is -2.83. The monoisotopic (exact) mass is 587 g/mol. The molecule has 0 radical (unpaired) electrons. The fraction of sp³-hybridized carbons (Fsp3) is 0.536. The number of hydrogen-bond donors (Lipinski definition) is 2. The number of pyridine rings is 1. The van der Waals surface area contributed by atoms with E-state index in [0.29, 0.717) is 6.42 Å². The molecule has 0 saturated heterocycles. The minimum Gasteiger partial charge on any atom is -0.443 e. The Morgan fingerprint density at radius 2 is 1.95 bits per heavy atom. The van der Waals surface area contributed by atoms with Gasteiger partial charge in [-0.2, -0.15) is 9.61 Å². The number of rotatable bonds is 7. The van der Waals surface area contributed by atoms with Gasteiger partial charge in [0, 0.05) is 51.3 Å². The summed E-state index contributed by atoms with van der Waals surface area (Å²) in [6, 6.07) is 3.88. The minimum atomic E-state index is -2.79. The van der Waals surface area contributed by atoms with Crippen LogP contribution in [0.1, 0.15) is 69.3 Å². The zero-order chi connectivity index (χ0) is 30.4. The third-order valence-corrected chi connectivity index (χ3v) is 7.46. The van der Waals surface area contributed by atoms with Crippen LogP contribution in [0.3, 0.4) is 0 Å². The number of nitrogens with zero attached hydrogens (tertiary/aromatic N) is 5. The number of methoxy groups -OCH3 is 1. The average Bonchev–Trinajstić information content (AvgIpc) is 3.53. The first-order valence-electron chi connectivity index (χ1n) is 13.8. The third kappa shape index (κ3) is 6.08. The quantitative estimate of drug-likeness (QED) is 0.419. The lowest BCUT2D eigenvalue weighted by atomic mass is 9.88. The molecule has 2 amide bonds. The highest BCUT2D eigenvalue weighted by Crippen LogP contribution is 2.44. The molecular formula is C28H35F2N7O5. The van der Waals surface area contributed by atoms with Crippen molar-refractivity contribution in [1.82, 2.24) is 24.5 Å². The fourth-order valence-electron chi connectivity index (χ4n) is 5.24. The minimum absolute atomic E-state index is 0.0725. The van der Waals surface area contributed by atoms with Crippen molar-refractivity contribution in [2.45, 2.75) is 82.6 Å². The number of anilines is 3. The van der Waals surface area contributed by atoms with E-state index in [1.54, 1.807) is 33.9 Å². The summed E-state index contributed by atoms with van der Waals surface area (Å²) in [6.07, 6.45) is 3.70.